The van der Waals surface area contributed by atoms with Crippen LogP contribution in [-0.2, 0) is 22.6 Å². The molecule has 1 aromatic heterocycles. The zero-order valence-corrected chi connectivity index (χ0v) is 16.4. The number of rotatable bonds is 5. The lowest BCUT2D eigenvalue weighted by Crippen LogP contribution is -2.29. The summed E-state index contributed by atoms with van der Waals surface area (Å²) in [5, 5.41) is 4.54. The van der Waals surface area contributed by atoms with E-state index in [1.54, 1.807) is 16.7 Å². The van der Waals surface area contributed by atoms with Crippen LogP contribution >= 0.6 is 0 Å². The molecule has 1 aromatic carbocycles. The largest absolute Gasteiger partial charge is 0.312 e. The molecule has 0 saturated carbocycles. The van der Waals surface area contributed by atoms with E-state index >= 15 is 0 Å². The zero-order chi connectivity index (χ0) is 19.7. The average Bonchev–Trinajstić information content (AvgIpc) is 3.22. The zero-order valence-electron chi connectivity index (χ0n) is 16.4. The fourth-order valence-corrected chi connectivity index (χ4v) is 3.40. The van der Waals surface area contributed by atoms with Gasteiger partial charge in [-0.25, -0.2) is 0 Å². The van der Waals surface area contributed by atoms with Crippen LogP contribution in [0, 0.1) is 6.92 Å². The summed E-state index contributed by atoms with van der Waals surface area (Å²) >= 11 is 0. The van der Waals surface area contributed by atoms with Gasteiger partial charge in [-0.15, -0.1) is 0 Å². The number of hydrogen-bond acceptors (Lipinski definition) is 3. The Bertz CT molecular complexity index is 898. The number of aryl methyl sites for hydroxylation is 1. The summed E-state index contributed by atoms with van der Waals surface area (Å²) in [7, 11) is 0. The van der Waals surface area contributed by atoms with E-state index in [9.17, 15) is 9.59 Å². The van der Waals surface area contributed by atoms with Gasteiger partial charge in [0.05, 0.1) is 12.2 Å². The third-order valence-electron chi connectivity index (χ3n) is 4.97. The van der Waals surface area contributed by atoms with Crippen LogP contribution in [0.2, 0.25) is 0 Å². The minimum Gasteiger partial charge on any atom is -0.312 e. The second-order valence-electron chi connectivity index (χ2n) is 7.18. The average molecular weight is 366 g/mol. The predicted molar refractivity (Wildman–Crippen MR) is 107 cm³/mol. The van der Waals surface area contributed by atoms with Crippen molar-refractivity contribution in [1.29, 1.82) is 0 Å². The molecule has 0 aliphatic carbocycles. The Morgan fingerprint density at radius 2 is 2.11 bits per heavy atom. The minimum atomic E-state index is -0.159. The van der Waals surface area contributed by atoms with Crippen molar-refractivity contribution in [2.45, 2.75) is 46.7 Å². The van der Waals surface area contributed by atoms with Gasteiger partial charge in [0, 0.05) is 42.6 Å². The quantitative estimate of drug-likeness (QED) is 0.762. The highest BCUT2D eigenvalue weighted by molar-refractivity contribution is 6.01. The van der Waals surface area contributed by atoms with Crippen LogP contribution in [0.25, 0.3) is 0 Å². The van der Waals surface area contributed by atoms with Gasteiger partial charge >= 0.3 is 0 Å². The molecule has 2 amide bonds. The third-order valence-corrected chi connectivity index (χ3v) is 4.97. The van der Waals surface area contributed by atoms with E-state index in [2.05, 4.69) is 25.5 Å². The molecule has 3 rings (SSSR count). The lowest BCUT2D eigenvalue weighted by Gasteiger charge is -2.22. The molecule has 0 unspecified atom stereocenters. The molecule has 27 heavy (non-hydrogen) atoms. The summed E-state index contributed by atoms with van der Waals surface area (Å²) in [6.07, 6.45) is 4.12. The summed E-state index contributed by atoms with van der Waals surface area (Å²) in [5.41, 5.74) is 4.74. The van der Waals surface area contributed by atoms with Gasteiger partial charge in [-0.2, -0.15) is 5.10 Å². The first kappa shape index (κ1) is 18.9. The van der Waals surface area contributed by atoms with E-state index in [0.717, 1.165) is 34.6 Å². The second-order valence-corrected chi connectivity index (χ2v) is 7.18. The van der Waals surface area contributed by atoms with Crippen LogP contribution in [0.4, 0.5) is 11.4 Å². The van der Waals surface area contributed by atoms with Gasteiger partial charge in [-0.1, -0.05) is 6.58 Å². The summed E-state index contributed by atoms with van der Waals surface area (Å²) in [4.78, 5) is 27.8. The van der Waals surface area contributed by atoms with E-state index in [0.29, 0.717) is 13.1 Å². The number of nitrogens with zero attached hydrogens (tertiary/aromatic N) is 4. The smallest absolute Gasteiger partial charge is 0.250 e. The molecule has 6 heteroatoms. The number of benzene rings is 1. The Kier molecular flexibility index (Phi) is 5.17. The van der Waals surface area contributed by atoms with Crippen molar-refractivity contribution in [2.75, 3.05) is 16.3 Å². The van der Waals surface area contributed by atoms with Crippen molar-refractivity contribution in [3.8, 4) is 0 Å². The highest BCUT2D eigenvalue weighted by Crippen LogP contribution is 2.32. The van der Waals surface area contributed by atoms with Crippen molar-refractivity contribution < 1.29 is 9.59 Å². The molecule has 0 fully saturated rings. The number of hydrogen-bond donors (Lipinski definition) is 0. The molecule has 1 aliphatic rings. The molecule has 2 aromatic rings. The number of amides is 2. The molecule has 0 atom stereocenters. The summed E-state index contributed by atoms with van der Waals surface area (Å²) in [5.74, 6) is -0.120. The first-order chi connectivity index (χ1) is 12.8. The van der Waals surface area contributed by atoms with Crippen LogP contribution in [-0.4, -0.2) is 28.1 Å². The molecule has 142 valence electrons. The molecular weight excluding hydrogens is 340 g/mol. The fourth-order valence-electron chi connectivity index (χ4n) is 3.40. The highest BCUT2D eigenvalue weighted by Gasteiger charge is 2.24. The van der Waals surface area contributed by atoms with Crippen molar-refractivity contribution in [1.82, 2.24) is 9.78 Å². The van der Waals surface area contributed by atoms with Crippen molar-refractivity contribution in [3.05, 3.63) is 53.9 Å². The monoisotopic (exact) mass is 366 g/mol. The van der Waals surface area contributed by atoms with Gasteiger partial charge in [0.25, 0.3) is 5.91 Å². The van der Waals surface area contributed by atoms with Crippen LogP contribution in [0.15, 0.2) is 37.1 Å². The molecule has 0 spiro atoms. The summed E-state index contributed by atoms with van der Waals surface area (Å²) < 4.78 is 1.91. The van der Waals surface area contributed by atoms with E-state index in [1.807, 2.05) is 36.0 Å². The lowest BCUT2D eigenvalue weighted by atomic mass is 10.1. The number of aromatic nitrogens is 2. The van der Waals surface area contributed by atoms with Crippen LogP contribution in [0.5, 0.6) is 0 Å². The lowest BCUT2D eigenvalue weighted by molar-refractivity contribution is -0.116. The van der Waals surface area contributed by atoms with Crippen LogP contribution < -0.4 is 9.80 Å². The van der Waals surface area contributed by atoms with Gasteiger partial charge in [0.2, 0.25) is 5.91 Å². The molecule has 1 aliphatic heterocycles. The maximum absolute atomic E-state index is 12.6. The van der Waals surface area contributed by atoms with Gasteiger partial charge in [-0.05, 0) is 57.0 Å². The van der Waals surface area contributed by atoms with E-state index in [-0.39, 0.29) is 17.9 Å². The summed E-state index contributed by atoms with van der Waals surface area (Å²) in [6.45, 7) is 12.4. The first-order valence-electron chi connectivity index (χ1n) is 9.21. The topological polar surface area (TPSA) is 58.4 Å². The Hall–Kier alpha value is -2.89. The summed E-state index contributed by atoms with van der Waals surface area (Å²) in [6, 6.07) is 6.08. The standard InChI is InChI=1S/C21H26N4O2/c1-6-21(27)24(12-18-13-25(14(2)3)22-15(18)4)19-7-8-20-17(11-19)9-10-23(20)16(5)26/h6-8,11,13-14H,1,9-10,12H2,2-5H3. The van der Waals surface area contributed by atoms with Gasteiger partial charge in [0.15, 0.2) is 0 Å². The molecule has 0 saturated heterocycles. The van der Waals surface area contributed by atoms with Crippen LogP contribution in [0.3, 0.4) is 0 Å². The van der Waals surface area contributed by atoms with E-state index in [4.69, 9.17) is 0 Å². The van der Waals surface area contributed by atoms with E-state index in [1.165, 1.54) is 6.08 Å². The maximum Gasteiger partial charge on any atom is 0.250 e. The second kappa shape index (κ2) is 7.39. The SMILES string of the molecule is C=CC(=O)N(Cc1cn(C(C)C)nc1C)c1ccc2c(c1)CCN2C(C)=O. The Morgan fingerprint density at radius 1 is 1.37 bits per heavy atom. The third kappa shape index (κ3) is 3.65. The number of fused-ring (bicyclic) bond motifs is 1. The maximum atomic E-state index is 12.6. The molecule has 0 bridgehead atoms. The highest BCUT2D eigenvalue weighted by atomic mass is 16.2. The van der Waals surface area contributed by atoms with E-state index < -0.39 is 0 Å². The number of carbonyl (C=O) groups is 2. The van der Waals surface area contributed by atoms with Crippen LogP contribution in [0.1, 0.15) is 43.6 Å². The first-order valence-corrected chi connectivity index (χ1v) is 9.21. The molecule has 6 nitrogen and oxygen atoms in total. The minimum absolute atomic E-state index is 0.0391. The predicted octanol–water partition coefficient (Wildman–Crippen LogP) is 3.40. The van der Waals surface area contributed by atoms with Crippen molar-refractivity contribution >= 4 is 23.2 Å². The Morgan fingerprint density at radius 3 is 2.70 bits per heavy atom. The number of carbonyl (C=O) groups excluding carboxylic acids is 2. The molecular formula is C21H26N4O2. The fraction of sp³-hybridized carbons (Fsp3) is 0.381. The molecule has 0 N–H and O–H groups in total. The normalized spacial score (nSPS) is 13.0. The Balaban J connectivity index is 1.94. The molecule has 2 heterocycles. The Labute approximate surface area is 160 Å². The van der Waals surface area contributed by atoms with Gasteiger partial charge < -0.3 is 9.80 Å². The van der Waals surface area contributed by atoms with Gasteiger partial charge in [0.1, 0.15) is 0 Å². The molecule has 0 radical (unpaired) electrons. The van der Waals surface area contributed by atoms with Gasteiger partial charge in [-0.3, -0.25) is 14.3 Å². The number of anilines is 2. The van der Waals surface area contributed by atoms with Crippen molar-refractivity contribution in [3.63, 3.8) is 0 Å². The van der Waals surface area contributed by atoms with Crippen molar-refractivity contribution in [2.24, 2.45) is 0 Å².